The predicted octanol–water partition coefficient (Wildman–Crippen LogP) is 1.90. The first-order valence-corrected chi connectivity index (χ1v) is 11.2. The lowest BCUT2D eigenvalue weighted by Gasteiger charge is -2.22. The predicted molar refractivity (Wildman–Crippen MR) is 120 cm³/mol. The van der Waals surface area contributed by atoms with Crippen LogP contribution in [0.15, 0.2) is 59.4 Å². The Morgan fingerprint density at radius 3 is 2.26 bits per heavy atom. The number of carbonyl (C=O) groups excluding carboxylic acids is 1. The number of nitrogens with zero attached hydrogens (tertiary/aromatic N) is 3. The van der Waals surface area contributed by atoms with Crippen molar-refractivity contribution in [2.45, 2.75) is 6.92 Å². The molecule has 1 heterocycles. The van der Waals surface area contributed by atoms with Gasteiger partial charge >= 0.3 is 0 Å². The van der Waals surface area contributed by atoms with E-state index in [2.05, 4.69) is 5.32 Å². The minimum Gasteiger partial charge on any atom is -0.497 e. The van der Waals surface area contributed by atoms with Gasteiger partial charge in [0.25, 0.3) is 5.56 Å². The van der Waals surface area contributed by atoms with Gasteiger partial charge in [-0.15, -0.1) is 0 Å². The SMILES string of the molecule is COc1ccc(N(CC(=O)Nc2c(C)n(C)n(-c3ccccc3)c2=O)S(C)(=O)=O)cc1. The molecular weight excluding hydrogens is 420 g/mol. The molecule has 3 aromatic rings. The van der Waals surface area contributed by atoms with Gasteiger partial charge in [-0.2, -0.15) is 0 Å². The highest BCUT2D eigenvalue weighted by Crippen LogP contribution is 2.22. The zero-order valence-electron chi connectivity index (χ0n) is 17.7. The molecule has 10 heteroatoms. The topological polar surface area (TPSA) is 103 Å². The summed E-state index contributed by atoms with van der Waals surface area (Å²) < 4.78 is 33.7. The molecule has 31 heavy (non-hydrogen) atoms. The third kappa shape index (κ3) is 4.64. The molecule has 2 aromatic carbocycles. The first kappa shape index (κ1) is 22.2. The number of ether oxygens (including phenoxy) is 1. The van der Waals surface area contributed by atoms with E-state index in [4.69, 9.17) is 4.74 Å². The molecule has 0 bridgehead atoms. The summed E-state index contributed by atoms with van der Waals surface area (Å²) in [6.45, 7) is 1.22. The maximum absolute atomic E-state index is 13.0. The van der Waals surface area contributed by atoms with Crippen LogP contribution in [-0.4, -0.2) is 43.6 Å². The highest BCUT2D eigenvalue weighted by molar-refractivity contribution is 7.92. The Morgan fingerprint density at radius 1 is 1.10 bits per heavy atom. The second kappa shape index (κ2) is 8.68. The van der Waals surface area contributed by atoms with Gasteiger partial charge in [-0.05, 0) is 43.3 Å². The standard InChI is InChI=1S/C21H24N4O5S/c1-15-20(21(27)25(23(15)2)17-8-6-5-7-9-17)22-19(26)14-24(31(4,28)29)16-10-12-18(30-3)13-11-16/h5-13H,14H2,1-4H3,(H,22,26). The first-order valence-electron chi connectivity index (χ1n) is 9.39. The number of para-hydroxylation sites is 1. The normalized spacial score (nSPS) is 11.2. The van der Waals surface area contributed by atoms with E-state index in [1.54, 1.807) is 67.2 Å². The van der Waals surface area contributed by atoms with E-state index in [1.807, 2.05) is 6.07 Å². The zero-order valence-corrected chi connectivity index (χ0v) is 18.5. The van der Waals surface area contributed by atoms with Crippen molar-refractivity contribution in [3.05, 3.63) is 70.6 Å². The Bertz CT molecular complexity index is 1250. The van der Waals surface area contributed by atoms with Crippen LogP contribution in [0, 0.1) is 6.92 Å². The number of rotatable bonds is 7. The lowest BCUT2D eigenvalue weighted by atomic mass is 10.3. The lowest BCUT2D eigenvalue weighted by molar-refractivity contribution is -0.114. The van der Waals surface area contributed by atoms with Gasteiger partial charge in [0, 0.05) is 7.05 Å². The number of anilines is 2. The molecule has 1 N–H and O–H groups in total. The second-order valence-corrected chi connectivity index (χ2v) is 8.86. The van der Waals surface area contributed by atoms with Crippen LogP contribution < -0.4 is 19.9 Å². The van der Waals surface area contributed by atoms with E-state index in [0.29, 0.717) is 22.8 Å². The molecule has 0 saturated heterocycles. The molecule has 0 fully saturated rings. The van der Waals surface area contributed by atoms with Crippen molar-refractivity contribution in [1.82, 2.24) is 9.36 Å². The molecule has 0 aliphatic carbocycles. The number of nitrogens with one attached hydrogen (secondary N) is 1. The van der Waals surface area contributed by atoms with E-state index >= 15 is 0 Å². The summed E-state index contributed by atoms with van der Waals surface area (Å²) in [6.07, 6.45) is 1.01. The van der Waals surface area contributed by atoms with E-state index < -0.39 is 28.0 Å². The summed E-state index contributed by atoms with van der Waals surface area (Å²) in [6, 6.07) is 15.3. The molecule has 9 nitrogen and oxygen atoms in total. The Morgan fingerprint density at radius 2 is 1.71 bits per heavy atom. The molecule has 0 atom stereocenters. The summed E-state index contributed by atoms with van der Waals surface area (Å²) in [7, 11) is -0.539. The van der Waals surface area contributed by atoms with Crippen LogP contribution in [0.5, 0.6) is 5.75 Å². The summed E-state index contributed by atoms with van der Waals surface area (Å²) in [5, 5.41) is 2.58. The Hall–Kier alpha value is -3.53. The van der Waals surface area contributed by atoms with Gasteiger partial charge in [-0.25, -0.2) is 13.1 Å². The third-order valence-corrected chi connectivity index (χ3v) is 6.01. The smallest absolute Gasteiger partial charge is 0.295 e. The summed E-state index contributed by atoms with van der Waals surface area (Å²) in [4.78, 5) is 25.7. The molecule has 0 aliphatic rings. The van der Waals surface area contributed by atoms with Crippen LogP contribution in [0.25, 0.3) is 5.69 Å². The Labute approximate surface area is 180 Å². The molecule has 1 amide bonds. The molecular formula is C21H24N4O5S. The van der Waals surface area contributed by atoms with Crippen LogP contribution in [-0.2, 0) is 21.9 Å². The minimum atomic E-state index is -3.75. The number of amides is 1. The molecule has 3 rings (SSSR count). The average Bonchev–Trinajstić information content (AvgIpc) is 2.95. The molecule has 0 saturated carbocycles. The highest BCUT2D eigenvalue weighted by atomic mass is 32.2. The highest BCUT2D eigenvalue weighted by Gasteiger charge is 2.23. The van der Waals surface area contributed by atoms with Crippen LogP contribution in [0.4, 0.5) is 11.4 Å². The molecule has 0 spiro atoms. The van der Waals surface area contributed by atoms with Crippen molar-refractivity contribution in [2.24, 2.45) is 7.05 Å². The summed E-state index contributed by atoms with van der Waals surface area (Å²) in [5.74, 6) is -0.0738. The molecule has 164 valence electrons. The van der Waals surface area contributed by atoms with Crippen LogP contribution in [0.1, 0.15) is 5.69 Å². The third-order valence-electron chi connectivity index (χ3n) is 4.87. The fourth-order valence-corrected chi connectivity index (χ4v) is 4.03. The number of carbonyl (C=O) groups is 1. The lowest BCUT2D eigenvalue weighted by Crippen LogP contribution is -2.38. The quantitative estimate of drug-likeness (QED) is 0.600. The molecule has 1 aromatic heterocycles. The van der Waals surface area contributed by atoms with E-state index in [9.17, 15) is 18.0 Å². The van der Waals surface area contributed by atoms with Gasteiger partial charge in [-0.1, -0.05) is 18.2 Å². The van der Waals surface area contributed by atoms with E-state index in [1.165, 1.54) is 11.8 Å². The van der Waals surface area contributed by atoms with Crippen LogP contribution in [0.2, 0.25) is 0 Å². The van der Waals surface area contributed by atoms with Gasteiger partial charge in [0.2, 0.25) is 15.9 Å². The van der Waals surface area contributed by atoms with Gasteiger partial charge in [0.15, 0.2) is 0 Å². The van der Waals surface area contributed by atoms with Gasteiger partial charge < -0.3 is 10.1 Å². The molecule has 0 unspecified atom stereocenters. The van der Waals surface area contributed by atoms with Crippen LogP contribution >= 0.6 is 0 Å². The van der Waals surface area contributed by atoms with Crippen molar-refractivity contribution in [2.75, 3.05) is 29.5 Å². The van der Waals surface area contributed by atoms with Crippen molar-refractivity contribution in [3.63, 3.8) is 0 Å². The first-order chi connectivity index (χ1) is 14.6. The van der Waals surface area contributed by atoms with Crippen LogP contribution in [0.3, 0.4) is 0 Å². The van der Waals surface area contributed by atoms with Crippen molar-refractivity contribution in [3.8, 4) is 11.4 Å². The number of hydrogen-bond donors (Lipinski definition) is 1. The van der Waals surface area contributed by atoms with E-state index in [0.717, 1.165) is 10.6 Å². The number of aromatic nitrogens is 2. The van der Waals surface area contributed by atoms with Crippen molar-refractivity contribution >= 4 is 27.3 Å². The largest absolute Gasteiger partial charge is 0.497 e. The molecule has 0 aliphatic heterocycles. The molecule has 0 radical (unpaired) electrons. The van der Waals surface area contributed by atoms with E-state index in [-0.39, 0.29) is 5.69 Å². The average molecular weight is 445 g/mol. The van der Waals surface area contributed by atoms with Crippen molar-refractivity contribution in [1.29, 1.82) is 0 Å². The monoisotopic (exact) mass is 444 g/mol. The number of benzene rings is 2. The summed E-state index contributed by atoms with van der Waals surface area (Å²) in [5.41, 5.74) is 1.19. The number of methoxy groups -OCH3 is 1. The maximum atomic E-state index is 13.0. The fourth-order valence-electron chi connectivity index (χ4n) is 3.17. The minimum absolute atomic E-state index is 0.0968. The Kier molecular flexibility index (Phi) is 6.21. The summed E-state index contributed by atoms with van der Waals surface area (Å²) >= 11 is 0. The zero-order chi connectivity index (χ0) is 22.8. The number of hydrogen-bond acceptors (Lipinski definition) is 5. The Balaban J connectivity index is 1.89. The van der Waals surface area contributed by atoms with Crippen molar-refractivity contribution < 1.29 is 17.9 Å². The van der Waals surface area contributed by atoms with Gasteiger partial charge in [0.1, 0.15) is 18.0 Å². The second-order valence-electron chi connectivity index (χ2n) is 6.95. The maximum Gasteiger partial charge on any atom is 0.295 e. The fraction of sp³-hybridized carbons (Fsp3) is 0.238. The van der Waals surface area contributed by atoms with Gasteiger partial charge in [0.05, 0.1) is 30.4 Å². The van der Waals surface area contributed by atoms with Gasteiger partial charge in [-0.3, -0.25) is 18.6 Å². The number of sulfonamides is 1.